The minimum atomic E-state index is -0.0406. The molecule has 126 valence electrons. The average molecular weight is 354 g/mol. The maximum absolute atomic E-state index is 12.3. The van der Waals surface area contributed by atoms with Crippen molar-refractivity contribution in [1.29, 1.82) is 0 Å². The van der Waals surface area contributed by atoms with Crippen LogP contribution in [0.1, 0.15) is 34.7 Å². The summed E-state index contributed by atoms with van der Waals surface area (Å²) < 4.78 is 1.62. The van der Waals surface area contributed by atoms with Gasteiger partial charge in [-0.15, -0.1) is 10.2 Å². The van der Waals surface area contributed by atoms with E-state index in [1.54, 1.807) is 16.8 Å². The number of halogens is 1. The Kier molecular flexibility index (Phi) is 3.77. The summed E-state index contributed by atoms with van der Waals surface area (Å²) in [4.78, 5) is 12.3. The second-order valence-electron chi connectivity index (χ2n) is 6.19. The van der Waals surface area contributed by atoms with Crippen molar-refractivity contribution in [3.8, 4) is 5.82 Å². The third-order valence-electron chi connectivity index (χ3n) is 4.42. The Bertz CT molecular complexity index is 947. The highest BCUT2D eigenvalue weighted by atomic mass is 35.5. The van der Waals surface area contributed by atoms with Crippen LogP contribution < -0.4 is 5.32 Å². The lowest BCUT2D eigenvalue weighted by Gasteiger charge is -2.24. The van der Waals surface area contributed by atoms with E-state index in [9.17, 15) is 4.79 Å². The van der Waals surface area contributed by atoms with Gasteiger partial charge in [-0.05, 0) is 31.5 Å². The van der Waals surface area contributed by atoms with Crippen LogP contribution in [0.3, 0.4) is 0 Å². The van der Waals surface area contributed by atoms with Crippen LogP contribution >= 0.6 is 11.6 Å². The molecule has 6 nitrogen and oxygen atoms in total. The molecule has 4 rings (SSSR count). The van der Waals surface area contributed by atoms with Crippen LogP contribution in [0, 0.1) is 13.8 Å². The van der Waals surface area contributed by atoms with Crippen molar-refractivity contribution in [3.05, 3.63) is 63.9 Å². The zero-order valence-corrected chi connectivity index (χ0v) is 14.6. The highest BCUT2D eigenvalue weighted by Gasteiger charge is 2.32. The number of nitrogens with zero attached hydrogens (tertiary/aromatic N) is 4. The van der Waals surface area contributed by atoms with Crippen LogP contribution in [-0.4, -0.2) is 25.9 Å². The van der Waals surface area contributed by atoms with Gasteiger partial charge in [0.05, 0.1) is 5.69 Å². The lowest BCUT2D eigenvalue weighted by atomic mass is 9.85. The molecule has 0 unspecified atom stereocenters. The Morgan fingerprint density at radius 1 is 1.12 bits per heavy atom. The zero-order chi connectivity index (χ0) is 17.6. The molecule has 0 saturated carbocycles. The molecule has 1 aromatic carbocycles. The van der Waals surface area contributed by atoms with Crippen LogP contribution in [-0.2, 0) is 4.79 Å². The van der Waals surface area contributed by atoms with Gasteiger partial charge in [0.1, 0.15) is 5.82 Å². The number of amides is 1. The van der Waals surface area contributed by atoms with E-state index < -0.39 is 0 Å². The minimum Gasteiger partial charge on any atom is -0.310 e. The molecule has 2 aromatic heterocycles. The molecule has 0 saturated heterocycles. The van der Waals surface area contributed by atoms with Gasteiger partial charge >= 0.3 is 0 Å². The first-order valence-corrected chi connectivity index (χ1v) is 8.36. The Morgan fingerprint density at radius 2 is 1.88 bits per heavy atom. The van der Waals surface area contributed by atoms with Crippen molar-refractivity contribution >= 4 is 23.3 Å². The van der Waals surface area contributed by atoms with E-state index in [4.69, 9.17) is 11.6 Å². The molecule has 0 fully saturated rings. The Morgan fingerprint density at radius 3 is 2.56 bits per heavy atom. The van der Waals surface area contributed by atoms with Gasteiger partial charge in [-0.3, -0.25) is 4.79 Å². The summed E-state index contributed by atoms with van der Waals surface area (Å²) in [7, 11) is 0. The second kappa shape index (κ2) is 5.97. The summed E-state index contributed by atoms with van der Waals surface area (Å²) in [5.41, 5.74) is 4.16. The fourth-order valence-corrected chi connectivity index (χ4v) is 3.32. The van der Waals surface area contributed by atoms with Gasteiger partial charge in [-0.25, -0.2) is 0 Å². The molecule has 7 heteroatoms. The summed E-state index contributed by atoms with van der Waals surface area (Å²) >= 11 is 5.81. The number of carbonyl (C=O) groups excluding carboxylic acids is 1. The van der Waals surface area contributed by atoms with E-state index in [0.29, 0.717) is 23.2 Å². The normalized spacial score (nSPS) is 16.4. The number of carbonyl (C=O) groups is 1. The molecule has 0 aliphatic carbocycles. The van der Waals surface area contributed by atoms with Crippen LogP contribution in [0.25, 0.3) is 5.82 Å². The smallest absolute Gasteiger partial charge is 0.226 e. The number of aryl methyl sites for hydroxylation is 2. The van der Waals surface area contributed by atoms with Crippen molar-refractivity contribution in [2.24, 2.45) is 0 Å². The lowest BCUT2D eigenvalue weighted by Crippen LogP contribution is -2.25. The fraction of sp³-hybridized carbons (Fsp3) is 0.222. The van der Waals surface area contributed by atoms with Crippen molar-refractivity contribution in [1.82, 2.24) is 20.0 Å². The molecule has 1 atom stereocenters. The van der Waals surface area contributed by atoms with Crippen molar-refractivity contribution in [3.63, 3.8) is 0 Å². The molecule has 3 aromatic rings. The molecule has 0 radical (unpaired) electrons. The van der Waals surface area contributed by atoms with E-state index >= 15 is 0 Å². The van der Waals surface area contributed by atoms with Crippen molar-refractivity contribution in [2.45, 2.75) is 26.2 Å². The highest BCUT2D eigenvalue weighted by Crippen LogP contribution is 2.39. The molecular weight excluding hydrogens is 338 g/mol. The molecule has 3 heterocycles. The van der Waals surface area contributed by atoms with Crippen LogP contribution in [0.5, 0.6) is 0 Å². The largest absolute Gasteiger partial charge is 0.310 e. The SMILES string of the molecule is Cc1ccc([C@@H]2CC(=O)Nc3c2c(C)nn3-c2ccc(Cl)nn2)cc1. The quantitative estimate of drug-likeness (QED) is 0.766. The van der Waals surface area contributed by atoms with E-state index in [-0.39, 0.29) is 11.8 Å². The number of aromatic nitrogens is 4. The Hall–Kier alpha value is -2.73. The van der Waals surface area contributed by atoms with Crippen LogP contribution in [0.2, 0.25) is 5.15 Å². The van der Waals surface area contributed by atoms with Gasteiger partial charge < -0.3 is 5.32 Å². The summed E-state index contributed by atoms with van der Waals surface area (Å²) in [6.45, 7) is 3.99. The third-order valence-corrected chi connectivity index (χ3v) is 4.62. The molecule has 0 spiro atoms. The van der Waals surface area contributed by atoms with Gasteiger partial charge in [0, 0.05) is 17.9 Å². The van der Waals surface area contributed by atoms with Crippen LogP contribution in [0.4, 0.5) is 5.82 Å². The van der Waals surface area contributed by atoms with Gasteiger partial charge in [0.15, 0.2) is 11.0 Å². The number of hydrogen-bond acceptors (Lipinski definition) is 4. The number of benzene rings is 1. The maximum atomic E-state index is 12.3. The number of fused-ring (bicyclic) bond motifs is 1. The molecule has 1 aliphatic heterocycles. The molecule has 25 heavy (non-hydrogen) atoms. The molecule has 1 aliphatic rings. The first-order valence-electron chi connectivity index (χ1n) is 7.98. The Balaban J connectivity index is 1.85. The van der Waals surface area contributed by atoms with Gasteiger partial charge in [0.2, 0.25) is 5.91 Å². The van der Waals surface area contributed by atoms with Crippen molar-refractivity contribution < 1.29 is 4.79 Å². The van der Waals surface area contributed by atoms with E-state index in [1.165, 1.54) is 5.56 Å². The third kappa shape index (κ3) is 2.78. The zero-order valence-electron chi connectivity index (χ0n) is 13.8. The first-order chi connectivity index (χ1) is 12.0. The average Bonchev–Trinajstić information content (AvgIpc) is 2.92. The van der Waals surface area contributed by atoms with Gasteiger partial charge in [-0.2, -0.15) is 9.78 Å². The van der Waals surface area contributed by atoms with E-state index in [0.717, 1.165) is 16.8 Å². The summed E-state index contributed by atoms with van der Waals surface area (Å²) in [6.07, 6.45) is 0.398. The van der Waals surface area contributed by atoms with E-state index in [1.807, 2.05) is 13.8 Å². The number of hydrogen-bond donors (Lipinski definition) is 1. The van der Waals surface area contributed by atoms with Crippen molar-refractivity contribution in [2.75, 3.05) is 5.32 Å². The minimum absolute atomic E-state index is 0.0293. The topological polar surface area (TPSA) is 72.7 Å². The van der Waals surface area contributed by atoms with E-state index in [2.05, 4.69) is 44.9 Å². The number of rotatable bonds is 2. The number of anilines is 1. The first kappa shape index (κ1) is 15.8. The summed E-state index contributed by atoms with van der Waals surface area (Å²) in [6, 6.07) is 11.6. The molecule has 1 N–H and O–H groups in total. The summed E-state index contributed by atoms with van der Waals surface area (Å²) in [5.74, 6) is 1.09. The Labute approximate surface area is 149 Å². The second-order valence-corrected chi connectivity index (χ2v) is 6.58. The predicted octanol–water partition coefficient (Wildman–Crippen LogP) is 3.41. The predicted molar refractivity (Wildman–Crippen MR) is 95.2 cm³/mol. The number of nitrogens with one attached hydrogen (secondary N) is 1. The lowest BCUT2D eigenvalue weighted by molar-refractivity contribution is -0.116. The highest BCUT2D eigenvalue weighted by molar-refractivity contribution is 6.29. The maximum Gasteiger partial charge on any atom is 0.226 e. The van der Waals surface area contributed by atoms with Gasteiger partial charge in [-0.1, -0.05) is 41.4 Å². The molecule has 1 amide bonds. The monoisotopic (exact) mass is 353 g/mol. The van der Waals surface area contributed by atoms with Gasteiger partial charge in [0.25, 0.3) is 0 Å². The molecular formula is C18H16ClN5O. The van der Waals surface area contributed by atoms with Crippen LogP contribution in [0.15, 0.2) is 36.4 Å². The molecule has 0 bridgehead atoms. The summed E-state index contributed by atoms with van der Waals surface area (Å²) in [5, 5.41) is 15.8. The fourth-order valence-electron chi connectivity index (χ4n) is 3.22. The standard InChI is InChI=1S/C18H16ClN5O/c1-10-3-5-12(6-4-10)13-9-16(25)20-18-17(13)11(2)23-24(18)15-8-7-14(19)21-22-15/h3-8,13H,9H2,1-2H3,(H,20,25)/t13-/m0/s1.